The van der Waals surface area contributed by atoms with Gasteiger partial charge in [-0.3, -0.25) is 0 Å². The summed E-state index contributed by atoms with van der Waals surface area (Å²) in [6, 6.07) is 8.12. The molecule has 0 radical (unpaired) electrons. The smallest absolute Gasteiger partial charge is 0.456 e. The van der Waals surface area contributed by atoms with Crippen molar-refractivity contribution in [2.45, 2.75) is 45.3 Å². The Morgan fingerprint density at radius 2 is 1.57 bits per heavy atom. The monoisotopic (exact) mass is 340 g/mol. The number of benzene rings is 1. The minimum absolute atomic E-state index is 0.294. The molecule has 1 aromatic carbocycles. The van der Waals surface area contributed by atoms with Crippen LogP contribution in [0.3, 0.4) is 0 Å². The van der Waals surface area contributed by atoms with Gasteiger partial charge in [-0.25, -0.2) is 4.79 Å². The molecular weight excluding hydrogens is 312 g/mol. The summed E-state index contributed by atoms with van der Waals surface area (Å²) in [5.41, 5.74) is 1.21. The minimum atomic E-state index is -2.56. The lowest BCUT2D eigenvalue weighted by Crippen LogP contribution is -2.43. The molecule has 0 atom stereocenters. The minimum Gasteiger partial charge on any atom is -0.456 e. The third-order valence-corrected chi connectivity index (χ3v) is 6.79. The molecule has 0 spiro atoms. The SMILES string of the molecule is CCC(C)(C)OC(=O)c1ccc(CC[Si](OC)(OC)OC)cc1. The molecule has 0 heterocycles. The highest BCUT2D eigenvalue weighted by Crippen LogP contribution is 2.19. The van der Waals surface area contributed by atoms with Crippen molar-refractivity contribution in [3.05, 3.63) is 35.4 Å². The molecule has 0 N–H and O–H groups in total. The van der Waals surface area contributed by atoms with Crippen LogP contribution in [0.15, 0.2) is 24.3 Å². The maximum atomic E-state index is 12.1. The molecule has 0 fully saturated rings. The second-order valence-corrected chi connectivity index (χ2v) is 9.09. The summed E-state index contributed by atoms with van der Waals surface area (Å²) in [7, 11) is 2.25. The average molecular weight is 340 g/mol. The summed E-state index contributed by atoms with van der Waals surface area (Å²) >= 11 is 0. The first-order chi connectivity index (χ1) is 10.8. The highest BCUT2D eigenvalue weighted by Gasteiger charge is 2.37. The van der Waals surface area contributed by atoms with E-state index in [9.17, 15) is 4.79 Å². The molecule has 0 bridgehead atoms. The van der Waals surface area contributed by atoms with E-state index in [-0.39, 0.29) is 5.97 Å². The fourth-order valence-electron chi connectivity index (χ4n) is 2.04. The Labute approximate surface area is 140 Å². The molecule has 6 heteroatoms. The van der Waals surface area contributed by atoms with E-state index in [1.54, 1.807) is 33.5 Å². The van der Waals surface area contributed by atoms with Gasteiger partial charge in [0.1, 0.15) is 5.60 Å². The van der Waals surface area contributed by atoms with E-state index in [1.165, 1.54) is 0 Å². The number of rotatable bonds is 9. The highest BCUT2D eigenvalue weighted by atomic mass is 28.4. The number of carbonyl (C=O) groups excluding carboxylic acids is 1. The fourth-order valence-corrected chi connectivity index (χ4v) is 3.75. The van der Waals surface area contributed by atoms with Crippen LogP contribution < -0.4 is 0 Å². The summed E-state index contributed by atoms with van der Waals surface area (Å²) in [6.07, 6.45) is 1.53. The van der Waals surface area contributed by atoms with Crippen LogP contribution in [0.2, 0.25) is 6.04 Å². The molecule has 0 saturated heterocycles. The van der Waals surface area contributed by atoms with Crippen LogP contribution in [0.5, 0.6) is 0 Å². The Bertz CT molecular complexity index is 486. The summed E-state index contributed by atoms with van der Waals surface area (Å²) < 4.78 is 21.7. The lowest BCUT2D eigenvalue weighted by Gasteiger charge is -2.24. The topological polar surface area (TPSA) is 54.0 Å². The van der Waals surface area contributed by atoms with Gasteiger partial charge in [-0.05, 0) is 44.4 Å². The zero-order chi connectivity index (χ0) is 17.5. The Morgan fingerprint density at radius 3 is 2.00 bits per heavy atom. The van der Waals surface area contributed by atoms with Gasteiger partial charge in [-0.1, -0.05) is 19.1 Å². The van der Waals surface area contributed by atoms with E-state index in [0.717, 1.165) is 18.4 Å². The van der Waals surface area contributed by atoms with Crippen molar-refractivity contribution in [3.8, 4) is 0 Å². The van der Waals surface area contributed by atoms with Gasteiger partial charge in [-0.2, -0.15) is 0 Å². The summed E-state index contributed by atoms with van der Waals surface area (Å²) in [6.45, 7) is 5.81. The van der Waals surface area contributed by atoms with Crippen LogP contribution in [0.1, 0.15) is 43.1 Å². The van der Waals surface area contributed by atoms with E-state index < -0.39 is 14.4 Å². The van der Waals surface area contributed by atoms with Crippen molar-refractivity contribution in [1.82, 2.24) is 0 Å². The van der Waals surface area contributed by atoms with E-state index in [0.29, 0.717) is 11.6 Å². The summed E-state index contributed by atoms with van der Waals surface area (Å²) in [5.74, 6) is -0.294. The van der Waals surface area contributed by atoms with E-state index in [2.05, 4.69) is 0 Å². The summed E-state index contributed by atoms with van der Waals surface area (Å²) in [5, 5.41) is 0. The average Bonchev–Trinajstić information content (AvgIpc) is 2.57. The first kappa shape index (κ1) is 19.8. The van der Waals surface area contributed by atoms with Gasteiger partial charge < -0.3 is 18.0 Å². The maximum Gasteiger partial charge on any atom is 0.500 e. The molecule has 0 aliphatic carbocycles. The molecule has 0 aromatic heterocycles. The van der Waals surface area contributed by atoms with Crippen molar-refractivity contribution in [2.75, 3.05) is 21.3 Å². The molecule has 0 aliphatic heterocycles. The van der Waals surface area contributed by atoms with Crippen LogP contribution in [-0.4, -0.2) is 41.7 Å². The molecule has 1 rings (SSSR count). The van der Waals surface area contributed by atoms with Crippen LogP contribution in [0.25, 0.3) is 0 Å². The summed E-state index contributed by atoms with van der Waals surface area (Å²) in [4.78, 5) is 12.1. The Morgan fingerprint density at radius 1 is 1.04 bits per heavy atom. The number of esters is 1. The second kappa shape index (κ2) is 8.59. The predicted molar refractivity (Wildman–Crippen MR) is 91.5 cm³/mol. The van der Waals surface area contributed by atoms with Gasteiger partial charge in [-0.15, -0.1) is 0 Å². The number of carbonyl (C=O) groups is 1. The largest absolute Gasteiger partial charge is 0.500 e. The number of ether oxygens (including phenoxy) is 1. The molecule has 5 nitrogen and oxygen atoms in total. The second-order valence-electron chi connectivity index (χ2n) is 6.00. The normalized spacial score (nSPS) is 12.3. The van der Waals surface area contributed by atoms with Crippen LogP contribution in [0, 0.1) is 0 Å². The van der Waals surface area contributed by atoms with Crippen molar-refractivity contribution in [3.63, 3.8) is 0 Å². The van der Waals surface area contributed by atoms with Gasteiger partial charge in [0.15, 0.2) is 0 Å². The Hall–Kier alpha value is -1.21. The molecule has 23 heavy (non-hydrogen) atoms. The van der Waals surface area contributed by atoms with E-state index >= 15 is 0 Å². The standard InChI is InChI=1S/C17H28O5Si/c1-7-17(2,3)22-16(18)15-10-8-14(9-11-15)12-13-23(19-4,20-5)21-6/h8-11H,7,12-13H2,1-6H3. The van der Waals surface area contributed by atoms with Gasteiger partial charge in [0.05, 0.1) is 5.56 Å². The Balaban J connectivity index is 2.68. The lowest BCUT2D eigenvalue weighted by atomic mass is 10.1. The van der Waals surface area contributed by atoms with Crippen LogP contribution >= 0.6 is 0 Å². The zero-order valence-electron chi connectivity index (χ0n) is 15.0. The predicted octanol–water partition coefficient (Wildman–Crippen LogP) is 3.45. The number of hydrogen-bond donors (Lipinski definition) is 0. The van der Waals surface area contributed by atoms with Gasteiger partial charge in [0.2, 0.25) is 0 Å². The quantitative estimate of drug-likeness (QED) is 0.509. The number of aryl methyl sites for hydroxylation is 1. The Kier molecular flexibility index (Phi) is 7.40. The lowest BCUT2D eigenvalue weighted by molar-refractivity contribution is -0.00244. The van der Waals surface area contributed by atoms with Gasteiger partial charge in [0, 0.05) is 27.4 Å². The first-order valence-electron chi connectivity index (χ1n) is 7.79. The third kappa shape index (κ3) is 5.73. The molecule has 130 valence electrons. The van der Waals surface area contributed by atoms with Crippen molar-refractivity contribution >= 4 is 14.8 Å². The van der Waals surface area contributed by atoms with Crippen molar-refractivity contribution in [1.29, 1.82) is 0 Å². The molecule has 0 amide bonds. The fraction of sp³-hybridized carbons (Fsp3) is 0.588. The molecule has 0 unspecified atom stereocenters. The third-order valence-electron chi connectivity index (χ3n) is 4.06. The van der Waals surface area contributed by atoms with Gasteiger partial charge in [0.25, 0.3) is 0 Å². The molecule has 1 aromatic rings. The maximum absolute atomic E-state index is 12.1. The van der Waals surface area contributed by atoms with E-state index in [1.807, 2.05) is 32.9 Å². The first-order valence-corrected chi connectivity index (χ1v) is 9.72. The van der Waals surface area contributed by atoms with Crippen molar-refractivity contribution < 1.29 is 22.8 Å². The van der Waals surface area contributed by atoms with Gasteiger partial charge >= 0.3 is 14.8 Å². The van der Waals surface area contributed by atoms with Crippen molar-refractivity contribution in [2.24, 2.45) is 0 Å². The molecule has 0 saturated carbocycles. The zero-order valence-corrected chi connectivity index (χ0v) is 16.0. The highest BCUT2D eigenvalue weighted by molar-refractivity contribution is 6.60. The van der Waals surface area contributed by atoms with Crippen LogP contribution in [-0.2, 0) is 24.4 Å². The van der Waals surface area contributed by atoms with Crippen LogP contribution in [0.4, 0.5) is 0 Å². The molecular formula is C17H28O5Si. The number of hydrogen-bond acceptors (Lipinski definition) is 5. The van der Waals surface area contributed by atoms with E-state index in [4.69, 9.17) is 18.0 Å². The molecule has 0 aliphatic rings.